The number of ketones is 1. The first-order chi connectivity index (χ1) is 17.2. The van der Waals surface area contributed by atoms with Crippen LogP contribution in [0.4, 0.5) is 0 Å². The summed E-state index contributed by atoms with van der Waals surface area (Å²) < 4.78 is 36.3. The minimum atomic E-state index is -4.04. The van der Waals surface area contributed by atoms with Crippen molar-refractivity contribution in [1.82, 2.24) is 0 Å². The molecule has 0 spiro atoms. The molecule has 2 aromatic carbocycles. The molecule has 36 heavy (non-hydrogen) atoms. The van der Waals surface area contributed by atoms with E-state index in [0.717, 1.165) is 30.4 Å². The van der Waals surface area contributed by atoms with Crippen LogP contribution < -0.4 is 0 Å². The Morgan fingerprint density at radius 3 is 2.42 bits per heavy atom. The number of aliphatic hydroxyl groups is 1. The van der Waals surface area contributed by atoms with Crippen molar-refractivity contribution in [2.45, 2.75) is 55.6 Å². The average molecular weight is 511 g/mol. The molecule has 5 atom stereocenters. The zero-order chi connectivity index (χ0) is 25.6. The third-order valence-electron chi connectivity index (χ3n) is 8.16. The summed E-state index contributed by atoms with van der Waals surface area (Å²) in [4.78, 5) is 25.7. The molecule has 0 unspecified atom stereocenters. The molecule has 3 aliphatic rings. The molecule has 2 fully saturated rings. The number of benzene rings is 2. The van der Waals surface area contributed by atoms with Crippen LogP contribution in [0.25, 0.3) is 11.1 Å². The largest absolute Gasteiger partial charge is 0.457 e. The summed E-state index contributed by atoms with van der Waals surface area (Å²) in [5.74, 6) is -1.73. The molecule has 0 amide bonds. The van der Waals surface area contributed by atoms with E-state index < -0.39 is 39.1 Å². The molecule has 1 heterocycles. The zero-order valence-corrected chi connectivity index (χ0v) is 20.9. The highest BCUT2D eigenvalue weighted by Crippen LogP contribution is 2.62. The fraction of sp³-hybridized carbons (Fsp3) is 0.429. The van der Waals surface area contributed by atoms with Crippen LogP contribution in [0, 0.1) is 17.3 Å². The number of ether oxygens (including phenoxy) is 1. The molecule has 2 aromatic rings. The Morgan fingerprint density at radius 2 is 1.78 bits per heavy atom. The summed E-state index contributed by atoms with van der Waals surface area (Å²) in [7, 11) is -4.04. The van der Waals surface area contributed by atoms with E-state index >= 15 is 0 Å². The lowest BCUT2D eigenvalue weighted by atomic mass is 9.60. The van der Waals surface area contributed by atoms with Crippen LogP contribution in [-0.4, -0.2) is 43.6 Å². The number of carbonyl (C=O) groups is 2. The van der Waals surface area contributed by atoms with Gasteiger partial charge in [-0.3, -0.25) is 13.8 Å². The van der Waals surface area contributed by atoms with Gasteiger partial charge in [-0.15, -0.1) is 0 Å². The third-order valence-corrected chi connectivity index (χ3v) is 9.49. The maximum atomic E-state index is 13.0. The van der Waals surface area contributed by atoms with Crippen LogP contribution >= 0.6 is 0 Å². The van der Waals surface area contributed by atoms with Gasteiger partial charge in [-0.2, -0.15) is 8.42 Å². The van der Waals surface area contributed by atoms with E-state index in [1.807, 2.05) is 42.5 Å². The monoisotopic (exact) mass is 510 g/mol. The van der Waals surface area contributed by atoms with Gasteiger partial charge in [0.15, 0.2) is 0 Å². The average Bonchev–Trinajstić information content (AvgIpc) is 3.07. The molecule has 2 aliphatic carbocycles. The number of rotatable bonds is 8. The van der Waals surface area contributed by atoms with Gasteiger partial charge in [-0.25, -0.2) is 0 Å². The Balaban J connectivity index is 1.26. The Morgan fingerprint density at radius 1 is 1.08 bits per heavy atom. The van der Waals surface area contributed by atoms with Gasteiger partial charge in [0.1, 0.15) is 16.8 Å². The number of esters is 1. The van der Waals surface area contributed by atoms with Crippen LogP contribution in [0.1, 0.15) is 39.0 Å². The van der Waals surface area contributed by atoms with Gasteiger partial charge in [0.2, 0.25) is 0 Å². The Kier molecular flexibility index (Phi) is 6.39. The summed E-state index contributed by atoms with van der Waals surface area (Å²) in [5, 5.41) is 11.2. The first-order valence-corrected chi connectivity index (χ1v) is 13.8. The molecule has 190 valence electrons. The molecule has 5 rings (SSSR count). The number of carbonyl (C=O) groups excluding carboxylic acids is 2. The van der Waals surface area contributed by atoms with Crippen LogP contribution in [0.5, 0.6) is 0 Å². The van der Waals surface area contributed by atoms with Crippen LogP contribution in [-0.2, 0) is 28.6 Å². The number of Topliss-reactive ketones (excluding diaryl/α,β-unsaturated/α-hetero) is 1. The topological polar surface area (TPSA) is 107 Å². The van der Waals surface area contributed by atoms with Crippen LogP contribution in [0.2, 0.25) is 0 Å². The third kappa shape index (κ3) is 3.92. The summed E-state index contributed by atoms with van der Waals surface area (Å²) in [6, 6.07) is 16.0. The van der Waals surface area contributed by atoms with Crippen molar-refractivity contribution in [1.29, 1.82) is 0 Å². The highest BCUT2D eigenvalue weighted by atomic mass is 32.2. The fourth-order valence-electron chi connectivity index (χ4n) is 6.08. The lowest BCUT2D eigenvalue weighted by molar-refractivity contribution is -0.263. The van der Waals surface area contributed by atoms with E-state index in [2.05, 4.69) is 0 Å². The molecule has 1 aliphatic heterocycles. The molecule has 1 N–H and O–H groups in total. The highest BCUT2D eigenvalue weighted by molar-refractivity contribution is 7.86. The summed E-state index contributed by atoms with van der Waals surface area (Å²) >= 11 is 0. The van der Waals surface area contributed by atoms with Crippen molar-refractivity contribution in [2.75, 3.05) is 6.61 Å². The van der Waals surface area contributed by atoms with Crippen molar-refractivity contribution in [2.24, 2.45) is 17.3 Å². The predicted octanol–water partition coefficient (Wildman–Crippen LogP) is 4.06. The van der Waals surface area contributed by atoms with Gasteiger partial charge < -0.3 is 9.84 Å². The maximum Gasteiger partial charge on any atom is 0.319 e. The number of hydrogen-bond acceptors (Lipinski definition) is 7. The SMILES string of the molecule is C[C@@]12OC(=O)[C@]1([C@@H](O)[C@@H]1C=CCCC1)CC(=O)[C@@H]2CCOS(=O)(=O)c1ccc(-c2ccccc2)cc1. The van der Waals surface area contributed by atoms with Gasteiger partial charge in [0.05, 0.1) is 23.5 Å². The fourth-order valence-corrected chi connectivity index (χ4v) is 7.00. The normalized spacial score (nSPS) is 30.4. The van der Waals surface area contributed by atoms with Crippen molar-refractivity contribution in [3.05, 3.63) is 66.7 Å². The van der Waals surface area contributed by atoms with E-state index in [4.69, 9.17) is 8.92 Å². The molecule has 0 radical (unpaired) electrons. The summed E-state index contributed by atoms with van der Waals surface area (Å²) in [6.45, 7) is 1.44. The van der Waals surface area contributed by atoms with Crippen LogP contribution in [0.15, 0.2) is 71.6 Å². The Hall–Kier alpha value is -2.81. The number of fused-ring (bicyclic) bond motifs is 1. The molecule has 7 nitrogen and oxygen atoms in total. The highest BCUT2D eigenvalue weighted by Gasteiger charge is 2.78. The first kappa shape index (κ1) is 24.9. The number of hydrogen-bond donors (Lipinski definition) is 1. The smallest absolute Gasteiger partial charge is 0.319 e. The number of allylic oxidation sites excluding steroid dienone is 1. The lowest BCUT2D eigenvalue weighted by Gasteiger charge is -2.55. The Bertz CT molecular complexity index is 1280. The molecule has 0 aromatic heterocycles. The van der Waals surface area contributed by atoms with Crippen molar-refractivity contribution >= 4 is 21.9 Å². The molecule has 0 bridgehead atoms. The standard InChI is InChI=1S/C28H30O7S/c1-27-23(24(29)18-28(27,26(31)35-27)25(30)21-10-6-3-7-11-21)16-17-34-36(32,33)22-14-12-20(13-15-22)19-8-4-2-5-9-19/h2,4-6,8-10,12-15,21,23,25,30H,3,7,11,16-18H2,1H3/t21-,23+,25+,27+,28-/m1/s1. The van der Waals surface area contributed by atoms with Crippen LogP contribution in [0.3, 0.4) is 0 Å². The van der Waals surface area contributed by atoms with Crippen molar-refractivity contribution in [3.8, 4) is 11.1 Å². The number of aliphatic hydroxyl groups excluding tert-OH is 1. The van der Waals surface area contributed by atoms with Gasteiger partial charge in [-0.05, 0) is 55.9 Å². The lowest BCUT2D eigenvalue weighted by Crippen LogP contribution is -2.70. The minimum Gasteiger partial charge on any atom is -0.457 e. The van der Waals surface area contributed by atoms with Crippen molar-refractivity contribution < 1.29 is 32.0 Å². The second-order valence-electron chi connectivity index (χ2n) is 10.1. The van der Waals surface area contributed by atoms with Gasteiger partial charge in [0, 0.05) is 12.3 Å². The van der Waals surface area contributed by atoms with E-state index in [0.29, 0.717) is 0 Å². The van der Waals surface area contributed by atoms with E-state index in [-0.39, 0.29) is 36.0 Å². The summed E-state index contributed by atoms with van der Waals surface area (Å²) in [5.41, 5.74) is -0.628. The second-order valence-corrected chi connectivity index (χ2v) is 11.7. The van der Waals surface area contributed by atoms with Crippen molar-refractivity contribution in [3.63, 3.8) is 0 Å². The molecular weight excluding hydrogens is 480 g/mol. The molecule has 1 saturated heterocycles. The second kappa shape index (κ2) is 9.25. The summed E-state index contributed by atoms with van der Waals surface area (Å²) in [6.07, 6.45) is 5.44. The minimum absolute atomic E-state index is 0.0232. The first-order valence-electron chi connectivity index (χ1n) is 12.3. The molecular formula is C28H30O7S. The predicted molar refractivity (Wildman–Crippen MR) is 132 cm³/mol. The van der Waals surface area contributed by atoms with E-state index in [9.17, 15) is 23.1 Å². The van der Waals surface area contributed by atoms with Gasteiger partial charge in [-0.1, -0.05) is 54.6 Å². The zero-order valence-electron chi connectivity index (χ0n) is 20.1. The Labute approximate surface area is 211 Å². The van der Waals surface area contributed by atoms with Gasteiger partial charge >= 0.3 is 5.97 Å². The maximum absolute atomic E-state index is 13.0. The van der Waals surface area contributed by atoms with Gasteiger partial charge in [0.25, 0.3) is 10.1 Å². The van der Waals surface area contributed by atoms with E-state index in [1.165, 1.54) is 12.1 Å². The molecule has 1 saturated carbocycles. The molecule has 8 heteroatoms. The van der Waals surface area contributed by atoms with E-state index in [1.54, 1.807) is 19.1 Å². The quantitative estimate of drug-likeness (QED) is 0.324.